The summed E-state index contributed by atoms with van der Waals surface area (Å²) in [4.78, 5) is 13.5. The first-order valence-corrected chi connectivity index (χ1v) is 13.0. The van der Waals surface area contributed by atoms with Crippen molar-refractivity contribution >= 4 is 11.0 Å². The third-order valence-corrected chi connectivity index (χ3v) is 7.26. The van der Waals surface area contributed by atoms with Crippen molar-refractivity contribution in [3.8, 4) is 40.1 Å². The van der Waals surface area contributed by atoms with Crippen molar-refractivity contribution in [1.29, 1.82) is 0 Å². The van der Waals surface area contributed by atoms with Crippen molar-refractivity contribution in [3.05, 3.63) is 40.6 Å². The van der Waals surface area contributed by atoms with Crippen LogP contribution >= 0.6 is 0 Å². The SMILES string of the molecule is C[C@@H]1O[C@H](OC[C@H](O)[C@@H]2O[C@@H](Oc3c(-c4ccc(O)c(O)c4)oc4cc(O)cc(O)c4c3=O)[C@H](O)[C@H]2O)[C@H](O)[C@H](O)[C@H]1O. The number of phenols is 4. The van der Waals surface area contributed by atoms with E-state index in [0.29, 0.717) is 0 Å². The Morgan fingerprint density at radius 1 is 0.814 bits per heavy atom. The van der Waals surface area contributed by atoms with Gasteiger partial charge in [-0.2, -0.15) is 0 Å². The van der Waals surface area contributed by atoms with Crippen LogP contribution in [0, 0.1) is 0 Å². The summed E-state index contributed by atoms with van der Waals surface area (Å²) < 4.78 is 27.5. The Labute approximate surface area is 241 Å². The van der Waals surface area contributed by atoms with Gasteiger partial charge in [0.25, 0.3) is 0 Å². The van der Waals surface area contributed by atoms with E-state index in [2.05, 4.69) is 0 Å². The molecular weight excluding hydrogens is 580 g/mol. The fourth-order valence-corrected chi connectivity index (χ4v) is 4.87. The molecule has 5 rings (SSSR count). The van der Waals surface area contributed by atoms with Crippen molar-refractivity contribution in [2.24, 2.45) is 0 Å². The van der Waals surface area contributed by atoms with Gasteiger partial charge in [0.05, 0.1) is 12.7 Å². The molecule has 3 aromatic rings. The van der Waals surface area contributed by atoms with Crippen LogP contribution in [0.4, 0.5) is 0 Å². The van der Waals surface area contributed by atoms with E-state index >= 15 is 0 Å². The standard InChI is InChI=1S/C27H30O16/c1-8-17(33)19(35)21(37)26(40-8)39-7-14(32)24-20(36)22(38)27(42-24)43-25-18(34)16-13(31)5-10(28)6-15(16)41-23(25)9-2-3-11(29)12(30)4-9/h2-6,8,14,17,19-22,24,26-33,35-38H,7H2,1H3/t8-,14-,17-,19+,20+,21+,22+,24-,26-,27-/m0/s1. The Balaban J connectivity index is 1.41. The first-order chi connectivity index (χ1) is 20.3. The van der Waals surface area contributed by atoms with E-state index in [4.69, 9.17) is 23.4 Å². The van der Waals surface area contributed by atoms with E-state index in [-0.39, 0.29) is 16.9 Å². The normalized spacial score (nSPS) is 31.7. The van der Waals surface area contributed by atoms with Crippen LogP contribution in [-0.2, 0) is 14.2 Å². The molecule has 2 fully saturated rings. The fourth-order valence-electron chi connectivity index (χ4n) is 4.87. The molecule has 3 heterocycles. The molecule has 2 aliphatic heterocycles. The molecule has 16 nitrogen and oxygen atoms in total. The molecule has 16 heteroatoms. The van der Waals surface area contributed by atoms with Crippen LogP contribution in [0.5, 0.6) is 28.7 Å². The Kier molecular flexibility index (Phi) is 8.41. The van der Waals surface area contributed by atoms with Crippen LogP contribution in [0.1, 0.15) is 6.92 Å². The lowest BCUT2D eigenvalue weighted by molar-refractivity contribution is -0.299. The van der Waals surface area contributed by atoms with Gasteiger partial charge < -0.3 is 74.4 Å². The molecule has 0 spiro atoms. The molecule has 234 valence electrons. The zero-order valence-corrected chi connectivity index (χ0v) is 22.3. The van der Waals surface area contributed by atoms with Crippen molar-refractivity contribution < 1.29 is 74.4 Å². The van der Waals surface area contributed by atoms with Gasteiger partial charge in [-0.15, -0.1) is 0 Å². The minimum absolute atomic E-state index is 0.0160. The number of aliphatic hydroxyl groups excluding tert-OH is 6. The second kappa shape index (κ2) is 11.8. The molecule has 2 saturated heterocycles. The largest absolute Gasteiger partial charge is 0.508 e. The third-order valence-electron chi connectivity index (χ3n) is 7.26. The Morgan fingerprint density at radius 3 is 2.21 bits per heavy atom. The summed E-state index contributed by atoms with van der Waals surface area (Å²) in [6.45, 7) is 0.778. The molecule has 0 radical (unpaired) electrons. The van der Waals surface area contributed by atoms with Gasteiger partial charge in [0.15, 0.2) is 23.5 Å². The molecule has 2 aliphatic rings. The molecule has 0 amide bonds. The van der Waals surface area contributed by atoms with E-state index in [0.717, 1.165) is 24.3 Å². The number of ether oxygens (including phenoxy) is 4. The van der Waals surface area contributed by atoms with Gasteiger partial charge in [0.2, 0.25) is 17.5 Å². The average molecular weight is 611 g/mol. The predicted octanol–water partition coefficient (Wildman–Crippen LogP) is -1.69. The molecule has 0 aliphatic carbocycles. The highest BCUT2D eigenvalue weighted by Crippen LogP contribution is 2.39. The molecule has 10 atom stereocenters. The summed E-state index contributed by atoms with van der Waals surface area (Å²) in [5.74, 6) is -3.25. The summed E-state index contributed by atoms with van der Waals surface area (Å²) in [7, 11) is 0. The van der Waals surface area contributed by atoms with E-state index in [1.807, 2.05) is 0 Å². The van der Waals surface area contributed by atoms with E-state index in [1.54, 1.807) is 0 Å². The number of aliphatic hydroxyl groups is 6. The fraction of sp³-hybridized carbons (Fsp3) is 0.444. The number of rotatable bonds is 7. The Morgan fingerprint density at radius 2 is 1.51 bits per heavy atom. The van der Waals surface area contributed by atoms with Crippen LogP contribution in [0.3, 0.4) is 0 Å². The zero-order valence-electron chi connectivity index (χ0n) is 22.3. The summed E-state index contributed by atoms with van der Waals surface area (Å²) in [5.41, 5.74) is -1.30. The maximum atomic E-state index is 13.5. The average Bonchev–Trinajstić information content (AvgIpc) is 3.24. The molecule has 1 aromatic heterocycles. The minimum atomic E-state index is -1.86. The lowest BCUT2D eigenvalue weighted by atomic mass is 10.00. The van der Waals surface area contributed by atoms with Crippen LogP contribution in [0.2, 0.25) is 0 Å². The highest BCUT2D eigenvalue weighted by molar-refractivity contribution is 5.88. The monoisotopic (exact) mass is 610 g/mol. The minimum Gasteiger partial charge on any atom is -0.508 e. The molecule has 10 N–H and O–H groups in total. The predicted molar refractivity (Wildman–Crippen MR) is 140 cm³/mol. The smallest absolute Gasteiger partial charge is 0.239 e. The topological polar surface area (TPSA) is 269 Å². The van der Waals surface area contributed by atoms with E-state index in [1.165, 1.54) is 13.0 Å². The van der Waals surface area contributed by atoms with Crippen molar-refractivity contribution in [2.75, 3.05) is 6.61 Å². The van der Waals surface area contributed by atoms with Gasteiger partial charge in [-0.25, -0.2) is 0 Å². The number of hydrogen-bond acceptors (Lipinski definition) is 16. The highest BCUT2D eigenvalue weighted by Gasteiger charge is 2.49. The third kappa shape index (κ3) is 5.67. The van der Waals surface area contributed by atoms with Gasteiger partial charge in [-0.3, -0.25) is 4.79 Å². The summed E-state index contributed by atoms with van der Waals surface area (Å²) in [5, 5.41) is 101. The summed E-state index contributed by atoms with van der Waals surface area (Å²) in [6, 6.07) is 5.27. The molecule has 0 saturated carbocycles. The molecular formula is C27H30O16. The van der Waals surface area contributed by atoms with Gasteiger partial charge in [-0.1, -0.05) is 0 Å². The van der Waals surface area contributed by atoms with Gasteiger partial charge in [0.1, 0.15) is 65.2 Å². The molecule has 43 heavy (non-hydrogen) atoms. The number of hydrogen-bond donors (Lipinski definition) is 10. The van der Waals surface area contributed by atoms with Crippen LogP contribution in [0.25, 0.3) is 22.3 Å². The maximum absolute atomic E-state index is 13.5. The van der Waals surface area contributed by atoms with Gasteiger partial charge >= 0.3 is 0 Å². The van der Waals surface area contributed by atoms with Crippen LogP contribution in [-0.4, -0.2) is 119 Å². The number of fused-ring (bicyclic) bond motifs is 1. The van der Waals surface area contributed by atoms with Gasteiger partial charge in [-0.05, 0) is 25.1 Å². The first-order valence-electron chi connectivity index (χ1n) is 13.0. The Bertz CT molecular complexity index is 1540. The van der Waals surface area contributed by atoms with Gasteiger partial charge in [0, 0.05) is 17.7 Å². The van der Waals surface area contributed by atoms with Crippen LogP contribution in [0.15, 0.2) is 39.5 Å². The molecule has 0 bridgehead atoms. The second-order valence-electron chi connectivity index (χ2n) is 10.3. The van der Waals surface area contributed by atoms with E-state index in [9.17, 15) is 55.9 Å². The highest BCUT2D eigenvalue weighted by atomic mass is 16.7. The Hall–Kier alpha value is -3.71. The second-order valence-corrected chi connectivity index (χ2v) is 10.3. The number of aromatic hydroxyl groups is 4. The first kappa shape index (κ1) is 30.7. The zero-order chi connectivity index (χ0) is 31.3. The lowest BCUT2D eigenvalue weighted by Crippen LogP contribution is -2.57. The molecule has 0 unspecified atom stereocenters. The van der Waals surface area contributed by atoms with E-state index < -0.39 is 108 Å². The van der Waals surface area contributed by atoms with Crippen LogP contribution < -0.4 is 10.2 Å². The van der Waals surface area contributed by atoms with Crippen molar-refractivity contribution in [1.82, 2.24) is 0 Å². The maximum Gasteiger partial charge on any atom is 0.239 e. The number of phenolic OH excluding ortho intramolecular Hbond substituents is 4. The lowest BCUT2D eigenvalue weighted by Gasteiger charge is -2.39. The summed E-state index contributed by atoms with van der Waals surface area (Å²) in [6.07, 6.45) is -15.8. The van der Waals surface area contributed by atoms with Crippen molar-refractivity contribution in [2.45, 2.75) is 68.3 Å². The molecule has 2 aromatic carbocycles. The van der Waals surface area contributed by atoms with Crippen molar-refractivity contribution in [3.63, 3.8) is 0 Å². The summed E-state index contributed by atoms with van der Waals surface area (Å²) >= 11 is 0. The number of benzene rings is 2. The quantitative estimate of drug-likeness (QED) is 0.134.